The highest BCUT2D eigenvalue weighted by molar-refractivity contribution is 5.84. The van der Waals surface area contributed by atoms with Crippen LogP contribution in [-0.4, -0.2) is 23.0 Å². The van der Waals surface area contributed by atoms with Crippen LogP contribution in [-0.2, 0) is 11.2 Å². The first-order valence-electron chi connectivity index (χ1n) is 5.70. The fraction of sp³-hybridized carbons (Fsp3) is 0.308. The van der Waals surface area contributed by atoms with Crippen molar-refractivity contribution in [2.75, 3.05) is 7.05 Å². The van der Waals surface area contributed by atoms with E-state index in [4.69, 9.17) is 0 Å². The normalized spacial score (nSPS) is 10.6. The van der Waals surface area contributed by atoms with Crippen LogP contribution in [0.25, 0.3) is 10.9 Å². The van der Waals surface area contributed by atoms with Gasteiger partial charge in [0.2, 0.25) is 5.91 Å². The number of H-pyrrole nitrogens is 1. The van der Waals surface area contributed by atoms with Gasteiger partial charge in [-0.25, -0.2) is 0 Å². The smallest absolute Gasteiger partial charge is 0.219 e. The first-order valence-corrected chi connectivity index (χ1v) is 5.70. The molecule has 4 nitrogen and oxygen atoms in total. The largest absolute Gasteiger partial charge is 0.508 e. The Morgan fingerprint density at radius 1 is 1.47 bits per heavy atom. The number of rotatable bonds is 4. The maximum Gasteiger partial charge on any atom is 0.219 e. The van der Waals surface area contributed by atoms with Gasteiger partial charge in [0, 0.05) is 30.6 Å². The van der Waals surface area contributed by atoms with Crippen LogP contribution < -0.4 is 5.32 Å². The number of amides is 1. The van der Waals surface area contributed by atoms with E-state index in [9.17, 15) is 9.90 Å². The summed E-state index contributed by atoms with van der Waals surface area (Å²) < 4.78 is 0. The number of nitrogens with one attached hydrogen (secondary N) is 2. The number of carbonyl (C=O) groups excluding carboxylic acids is 1. The Morgan fingerprint density at radius 3 is 3.06 bits per heavy atom. The number of fused-ring (bicyclic) bond motifs is 1. The summed E-state index contributed by atoms with van der Waals surface area (Å²) in [7, 11) is 1.64. The first kappa shape index (κ1) is 11.5. The van der Waals surface area contributed by atoms with E-state index in [-0.39, 0.29) is 11.7 Å². The summed E-state index contributed by atoms with van der Waals surface area (Å²) in [6.45, 7) is 0. The quantitative estimate of drug-likeness (QED) is 0.754. The Labute approximate surface area is 99.7 Å². The lowest BCUT2D eigenvalue weighted by atomic mass is 10.1. The van der Waals surface area contributed by atoms with Gasteiger partial charge < -0.3 is 15.4 Å². The summed E-state index contributed by atoms with van der Waals surface area (Å²) >= 11 is 0. The maximum atomic E-state index is 11.1. The van der Waals surface area contributed by atoms with Gasteiger partial charge in [-0.3, -0.25) is 4.79 Å². The molecule has 3 N–H and O–H groups in total. The van der Waals surface area contributed by atoms with Crippen LogP contribution >= 0.6 is 0 Å². The molecule has 0 aliphatic heterocycles. The van der Waals surface area contributed by atoms with Crippen molar-refractivity contribution in [2.24, 2.45) is 0 Å². The average molecular weight is 232 g/mol. The van der Waals surface area contributed by atoms with E-state index < -0.39 is 0 Å². The van der Waals surface area contributed by atoms with Gasteiger partial charge >= 0.3 is 0 Å². The molecule has 0 saturated carbocycles. The van der Waals surface area contributed by atoms with Crippen LogP contribution in [0, 0.1) is 0 Å². The SMILES string of the molecule is CNC(=O)CCCc1c[nH]c2ccc(O)cc12. The Balaban J connectivity index is 2.08. The average Bonchev–Trinajstić information content (AvgIpc) is 2.72. The van der Waals surface area contributed by atoms with E-state index in [0.29, 0.717) is 6.42 Å². The molecule has 0 unspecified atom stereocenters. The number of aromatic hydroxyl groups is 1. The number of aromatic amines is 1. The summed E-state index contributed by atoms with van der Waals surface area (Å²) in [4.78, 5) is 14.3. The Kier molecular flexibility index (Phi) is 3.32. The zero-order valence-corrected chi connectivity index (χ0v) is 9.79. The number of phenolic OH excluding ortho intramolecular Hbond substituents is 1. The van der Waals surface area contributed by atoms with Gasteiger partial charge in [0.05, 0.1) is 0 Å². The van der Waals surface area contributed by atoms with Crippen LogP contribution in [0.4, 0.5) is 0 Å². The molecule has 0 spiro atoms. The number of benzene rings is 1. The molecule has 2 aromatic rings. The molecule has 0 radical (unpaired) electrons. The predicted octanol–water partition coefficient (Wildman–Crippen LogP) is 1.94. The van der Waals surface area contributed by atoms with E-state index in [0.717, 1.165) is 29.3 Å². The standard InChI is InChI=1S/C13H16N2O2/c1-14-13(17)4-2-3-9-8-15-12-6-5-10(16)7-11(9)12/h5-8,15-16H,2-4H2,1H3,(H,14,17). The second-order valence-electron chi connectivity index (χ2n) is 4.07. The topological polar surface area (TPSA) is 65.1 Å². The van der Waals surface area contributed by atoms with Crippen molar-refractivity contribution < 1.29 is 9.90 Å². The number of aryl methyl sites for hydroxylation is 1. The van der Waals surface area contributed by atoms with Crippen LogP contribution in [0.3, 0.4) is 0 Å². The van der Waals surface area contributed by atoms with Gasteiger partial charge in [-0.15, -0.1) is 0 Å². The minimum absolute atomic E-state index is 0.0627. The van der Waals surface area contributed by atoms with Crippen molar-refractivity contribution in [1.29, 1.82) is 0 Å². The van der Waals surface area contributed by atoms with Gasteiger partial charge in [0.25, 0.3) is 0 Å². The minimum Gasteiger partial charge on any atom is -0.508 e. The Morgan fingerprint density at radius 2 is 2.29 bits per heavy atom. The maximum absolute atomic E-state index is 11.1. The number of hydrogen-bond donors (Lipinski definition) is 3. The Bertz CT molecular complexity index is 531. The summed E-state index contributed by atoms with van der Waals surface area (Å²) in [5.74, 6) is 0.331. The van der Waals surface area contributed by atoms with Gasteiger partial charge in [0.1, 0.15) is 5.75 Å². The van der Waals surface area contributed by atoms with Gasteiger partial charge in [-0.1, -0.05) is 0 Å². The first-order chi connectivity index (χ1) is 8.20. The van der Waals surface area contributed by atoms with Crippen LogP contribution in [0.2, 0.25) is 0 Å². The zero-order valence-electron chi connectivity index (χ0n) is 9.79. The van der Waals surface area contributed by atoms with Gasteiger partial charge in [-0.05, 0) is 36.6 Å². The summed E-state index contributed by atoms with van der Waals surface area (Å²) in [5, 5.41) is 13.1. The van der Waals surface area contributed by atoms with Crippen LogP contribution in [0.15, 0.2) is 24.4 Å². The van der Waals surface area contributed by atoms with E-state index in [1.54, 1.807) is 19.2 Å². The van der Waals surface area contributed by atoms with E-state index in [2.05, 4.69) is 10.3 Å². The zero-order chi connectivity index (χ0) is 12.3. The van der Waals surface area contributed by atoms with Crippen LogP contribution in [0.5, 0.6) is 5.75 Å². The molecule has 0 aliphatic carbocycles. The number of aromatic nitrogens is 1. The molecule has 90 valence electrons. The van der Waals surface area contributed by atoms with Gasteiger partial charge in [-0.2, -0.15) is 0 Å². The van der Waals surface area contributed by atoms with Crippen molar-refractivity contribution in [3.8, 4) is 5.75 Å². The van der Waals surface area contributed by atoms with E-state index in [1.165, 1.54) is 0 Å². The van der Waals surface area contributed by atoms with Crippen molar-refractivity contribution in [3.63, 3.8) is 0 Å². The highest BCUT2D eigenvalue weighted by Gasteiger charge is 2.05. The van der Waals surface area contributed by atoms with Gasteiger partial charge in [0.15, 0.2) is 0 Å². The molecule has 0 fully saturated rings. The lowest BCUT2D eigenvalue weighted by Crippen LogP contribution is -2.17. The van der Waals surface area contributed by atoms with Crippen molar-refractivity contribution in [3.05, 3.63) is 30.0 Å². The third kappa shape index (κ3) is 2.58. The molecular formula is C13H16N2O2. The molecule has 1 aromatic heterocycles. The fourth-order valence-electron chi connectivity index (χ4n) is 1.94. The second kappa shape index (κ2) is 4.91. The molecule has 0 atom stereocenters. The summed E-state index contributed by atoms with van der Waals surface area (Å²) in [6.07, 6.45) is 4.11. The Hall–Kier alpha value is -1.97. The molecule has 0 aliphatic rings. The lowest BCUT2D eigenvalue weighted by Gasteiger charge is -2.00. The molecule has 1 amide bonds. The highest BCUT2D eigenvalue weighted by atomic mass is 16.3. The molecule has 4 heteroatoms. The summed E-state index contributed by atoms with van der Waals surface area (Å²) in [6, 6.07) is 5.26. The van der Waals surface area contributed by atoms with Crippen molar-refractivity contribution >= 4 is 16.8 Å². The van der Waals surface area contributed by atoms with E-state index in [1.807, 2.05) is 12.3 Å². The third-order valence-electron chi connectivity index (χ3n) is 2.88. The third-order valence-corrected chi connectivity index (χ3v) is 2.88. The van der Waals surface area contributed by atoms with Crippen molar-refractivity contribution in [1.82, 2.24) is 10.3 Å². The molecule has 2 rings (SSSR count). The number of carbonyl (C=O) groups is 1. The monoisotopic (exact) mass is 232 g/mol. The lowest BCUT2D eigenvalue weighted by molar-refractivity contribution is -0.120. The molecule has 17 heavy (non-hydrogen) atoms. The fourth-order valence-corrected chi connectivity index (χ4v) is 1.94. The summed E-state index contributed by atoms with van der Waals surface area (Å²) in [5.41, 5.74) is 2.15. The second-order valence-corrected chi connectivity index (χ2v) is 4.07. The molecule has 1 aromatic carbocycles. The highest BCUT2D eigenvalue weighted by Crippen LogP contribution is 2.23. The van der Waals surface area contributed by atoms with E-state index >= 15 is 0 Å². The molecular weight excluding hydrogens is 216 g/mol. The molecule has 0 bridgehead atoms. The molecule has 0 saturated heterocycles. The van der Waals surface area contributed by atoms with Crippen molar-refractivity contribution in [2.45, 2.75) is 19.3 Å². The minimum atomic E-state index is 0.0627. The van der Waals surface area contributed by atoms with Crippen LogP contribution in [0.1, 0.15) is 18.4 Å². The molecule has 1 heterocycles. The number of phenols is 1. The predicted molar refractivity (Wildman–Crippen MR) is 67.0 cm³/mol. The number of hydrogen-bond acceptors (Lipinski definition) is 2.